The lowest BCUT2D eigenvalue weighted by Gasteiger charge is -2.24. The molecule has 1 aliphatic heterocycles. The maximum atomic E-state index is 13.3. The van der Waals surface area contributed by atoms with Crippen molar-refractivity contribution in [2.45, 2.75) is 57.8 Å². The number of hydrogen-bond acceptors (Lipinski definition) is 8. The number of aliphatic carboxylic acids is 1. The Morgan fingerprint density at radius 2 is 1.71 bits per heavy atom. The molecule has 1 fully saturated rings. The number of benzene rings is 2. The Balaban J connectivity index is 1.24. The maximum Gasteiger partial charge on any atom is 0.305 e. The fourth-order valence-electron chi connectivity index (χ4n) is 6.22. The van der Waals surface area contributed by atoms with E-state index in [2.05, 4.69) is 20.9 Å². The van der Waals surface area contributed by atoms with Crippen LogP contribution in [0.15, 0.2) is 77.9 Å². The minimum atomic E-state index is -0.924. The average Bonchev–Trinajstić information content (AvgIpc) is 3.52. The van der Waals surface area contributed by atoms with E-state index in [1.54, 1.807) is 39.3 Å². The molecule has 6 rings (SSSR count). The predicted molar refractivity (Wildman–Crippen MR) is 198 cm³/mol. The average molecular weight is 730 g/mol. The number of carboxylic acids is 1. The standard InChI is InChI=1S/C38H38Cl2N6O5/c1-38(2,17-33(48)49)43-20-24-19-42-31-16-22(14-15-46(31)37(24)50)26-6-4-7-27(34(26)39)28-8-5-9-29(35(28)40)30-12-10-23(36(45-30)51-3)18-41-21-25-11-13-32(47)44-25/h4-10,12,14-16,19,25,41,43H,11,13,17-18,20-21H2,1-3H3,(H,44,47)(H,48,49)/t25-/m0/s1. The number of carbonyl (C=O) groups is 2. The molecule has 2 aromatic carbocycles. The summed E-state index contributed by atoms with van der Waals surface area (Å²) in [7, 11) is 1.58. The van der Waals surface area contributed by atoms with E-state index in [1.807, 2.05) is 48.5 Å². The third-order valence-corrected chi connectivity index (χ3v) is 9.74. The fraction of sp³-hybridized carbons (Fsp3) is 0.289. The summed E-state index contributed by atoms with van der Waals surface area (Å²) in [6.45, 7) is 4.91. The van der Waals surface area contributed by atoms with Gasteiger partial charge in [0.05, 0.1) is 34.8 Å². The molecular formula is C38H38Cl2N6O5. The van der Waals surface area contributed by atoms with Crippen molar-refractivity contribution < 1.29 is 19.4 Å². The van der Waals surface area contributed by atoms with Crippen molar-refractivity contribution in [3.63, 3.8) is 0 Å². The number of amides is 1. The van der Waals surface area contributed by atoms with Gasteiger partial charge in [-0.25, -0.2) is 9.97 Å². The SMILES string of the molecule is COc1nc(-c2cccc(-c3cccc(-c4ccn5c(=O)c(CNC(C)(C)CC(=O)O)cnc5c4)c3Cl)c2Cl)ccc1CNC[C@@H]1CCC(=O)N1. The van der Waals surface area contributed by atoms with E-state index >= 15 is 0 Å². The van der Waals surface area contributed by atoms with E-state index in [9.17, 15) is 14.4 Å². The molecule has 1 amide bonds. The third kappa shape index (κ3) is 8.07. The number of carboxylic acid groups (broad SMARTS) is 1. The van der Waals surface area contributed by atoms with Crippen molar-refractivity contribution >= 4 is 40.7 Å². The van der Waals surface area contributed by atoms with Gasteiger partial charge in [0, 0.05) is 77.8 Å². The molecule has 1 saturated heterocycles. The third-order valence-electron chi connectivity index (χ3n) is 8.93. The van der Waals surface area contributed by atoms with E-state index in [0.717, 1.165) is 34.2 Å². The van der Waals surface area contributed by atoms with Gasteiger partial charge in [-0.15, -0.1) is 0 Å². The molecule has 4 heterocycles. The van der Waals surface area contributed by atoms with E-state index in [-0.39, 0.29) is 30.5 Å². The van der Waals surface area contributed by atoms with Crippen molar-refractivity contribution in [1.29, 1.82) is 0 Å². The van der Waals surface area contributed by atoms with Gasteiger partial charge in [0.1, 0.15) is 5.65 Å². The molecule has 264 valence electrons. The molecule has 5 aromatic rings. The Morgan fingerprint density at radius 3 is 2.39 bits per heavy atom. The molecule has 0 radical (unpaired) electrons. The molecule has 13 heteroatoms. The maximum absolute atomic E-state index is 13.3. The van der Waals surface area contributed by atoms with Crippen molar-refractivity contribution in [3.05, 3.63) is 105 Å². The molecule has 4 N–H and O–H groups in total. The van der Waals surface area contributed by atoms with E-state index in [0.29, 0.717) is 57.9 Å². The highest BCUT2D eigenvalue weighted by atomic mass is 35.5. The summed E-state index contributed by atoms with van der Waals surface area (Å²) in [6.07, 6.45) is 4.46. The van der Waals surface area contributed by atoms with Crippen LogP contribution in [0.1, 0.15) is 44.2 Å². The summed E-state index contributed by atoms with van der Waals surface area (Å²) >= 11 is 14.2. The lowest BCUT2D eigenvalue weighted by molar-refractivity contribution is -0.138. The second-order valence-corrected chi connectivity index (χ2v) is 13.9. The van der Waals surface area contributed by atoms with Crippen LogP contribution in [0.25, 0.3) is 39.2 Å². The number of nitrogens with zero attached hydrogens (tertiary/aromatic N) is 3. The molecule has 0 aliphatic carbocycles. The topological polar surface area (TPSA) is 147 Å². The molecule has 51 heavy (non-hydrogen) atoms. The number of aromatic nitrogens is 3. The van der Waals surface area contributed by atoms with Crippen LogP contribution in [0, 0.1) is 0 Å². The fourth-order valence-corrected chi connectivity index (χ4v) is 6.88. The number of halogens is 2. The van der Waals surface area contributed by atoms with Crippen LogP contribution < -0.4 is 26.2 Å². The first kappa shape index (κ1) is 36.0. The minimum Gasteiger partial charge on any atom is -0.481 e. The minimum absolute atomic E-state index is 0.0858. The smallest absolute Gasteiger partial charge is 0.305 e. The number of ether oxygens (including phenoxy) is 1. The zero-order chi connectivity index (χ0) is 36.3. The summed E-state index contributed by atoms with van der Waals surface area (Å²) in [5.74, 6) is -0.360. The van der Waals surface area contributed by atoms with E-state index < -0.39 is 11.5 Å². The molecular weight excluding hydrogens is 691 g/mol. The van der Waals surface area contributed by atoms with E-state index in [1.165, 1.54) is 10.6 Å². The molecule has 0 saturated carbocycles. The second kappa shape index (κ2) is 15.2. The van der Waals surface area contributed by atoms with Gasteiger partial charge in [0.2, 0.25) is 11.8 Å². The number of carbonyl (C=O) groups excluding carboxylic acids is 1. The second-order valence-electron chi connectivity index (χ2n) is 13.2. The Morgan fingerprint density at radius 1 is 1.00 bits per heavy atom. The van der Waals surface area contributed by atoms with Crippen LogP contribution in [0.5, 0.6) is 5.88 Å². The first-order valence-electron chi connectivity index (χ1n) is 16.5. The van der Waals surface area contributed by atoms with Crippen molar-refractivity contribution in [1.82, 2.24) is 30.3 Å². The lowest BCUT2D eigenvalue weighted by Crippen LogP contribution is -2.41. The van der Waals surface area contributed by atoms with Crippen molar-refractivity contribution in [2.24, 2.45) is 0 Å². The van der Waals surface area contributed by atoms with Crippen molar-refractivity contribution in [3.8, 4) is 39.4 Å². The first-order chi connectivity index (χ1) is 24.4. The van der Waals surface area contributed by atoms with E-state index in [4.69, 9.17) is 38.0 Å². The molecule has 11 nitrogen and oxygen atoms in total. The Bertz CT molecular complexity index is 2190. The lowest BCUT2D eigenvalue weighted by atomic mass is 9.97. The number of fused-ring (bicyclic) bond motifs is 1. The first-order valence-corrected chi connectivity index (χ1v) is 17.3. The number of hydrogen-bond donors (Lipinski definition) is 4. The summed E-state index contributed by atoms with van der Waals surface area (Å²) in [6, 6.07) is 19.0. The highest BCUT2D eigenvalue weighted by molar-refractivity contribution is 6.39. The summed E-state index contributed by atoms with van der Waals surface area (Å²) in [4.78, 5) is 45.3. The Kier molecular flexibility index (Phi) is 10.7. The highest BCUT2D eigenvalue weighted by Crippen LogP contribution is 2.42. The Labute approximate surface area is 305 Å². The van der Waals surface area contributed by atoms with Crippen LogP contribution in [0.2, 0.25) is 10.0 Å². The summed E-state index contributed by atoms with van der Waals surface area (Å²) in [5.41, 5.74) is 5.11. The number of nitrogens with one attached hydrogen (secondary N) is 3. The number of methoxy groups -OCH3 is 1. The highest BCUT2D eigenvalue weighted by Gasteiger charge is 2.23. The summed E-state index contributed by atoms with van der Waals surface area (Å²) in [5, 5.41) is 19.6. The van der Waals surface area contributed by atoms with Gasteiger partial charge >= 0.3 is 5.97 Å². The Hall–Kier alpha value is -4.81. The van der Waals surface area contributed by atoms with Crippen LogP contribution >= 0.6 is 23.2 Å². The van der Waals surface area contributed by atoms with Gasteiger partial charge < -0.3 is 25.8 Å². The van der Waals surface area contributed by atoms with Crippen LogP contribution in [-0.2, 0) is 22.7 Å². The monoisotopic (exact) mass is 728 g/mol. The molecule has 1 aliphatic rings. The van der Waals surface area contributed by atoms with Gasteiger partial charge in [-0.3, -0.25) is 18.8 Å². The summed E-state index contributed by atoms with van der Waals surface area (Å²) < 4.78 is 7.09. The zero-order valence-corrected chi connectivity index (χ0v) is 29.9. The van der Waals surface area contributed by atoms with Crippen LogP contribution in [0.4, 0.5) is 0 Å². The molecule has 3 aromatic heterocycles. The van der Waals surface area contributed by atoms with Crippen LogP contribution in [0.3, 0.4) is 0 Å². The molecule has 0 unspecified atom stereocenters. The van der Waals surface area contributed by atoms with Gasteiger partial charge in [-0.1, -0.05) is 65.7 Å². The largest absolute Gasteiger partial charge is 0.481 e. The normalized spacial score (nSPS) is 14.5. The van der Waals surface area contributed by atoms with Gasteiger partial charge in [-0.05, 0) is 44.0 Å². The van der Waals surface area contributed by atoms with Gasteiger partial charge in [-0.2, -0.15) is 0 Å². The number of pyridine rings is 2. The quantitative estimate of drug-likeness (QED) is 0.113. The van der Waals surface area contributed by atoms with Gasteiger partial charge in [0.25, 0.3) is 5.56 Å². The number of rotatable bonds is 13. The van der Waals surface area contributed by atoms with Crippen LogP contribution in [-0.4, -0.2) is 56.6 Å². The zero-order valence-electron chi connectivity index (χ0n) is 28.4. The molecule has 0 spiro atoms. The van der Waals surface area contributed by atoms with Gasteiger partial charge in [0.15, 0.2) is 0 Å². The van der Waals surface area contributed by atoms with Crippen molar-refractivity contribution in [2.75, 3.05) is 13.7 Å². The predicted octanol–water partition coefficient (Wildman–Crippen LogP) is 6.12. The molecule has 0 bridgehead atoms. The molecule has 1 atom stereocenters.